The molecule has 2 aromatic carbocycles. The summed E-state index contributed by atoms with van der Waals surface area (Å²) in [6, 6.07) is 11.6. The minimum atomic E-state index is -4.44. The molecule has 0 aliphatic heterocycles. The zero-order valence-corrected chi connectivity index (χ0v) is 19.4. The Hall–Kier alpha value is -3.40. The second-order valence-corrected chi connectivity index (χ2v) is 8.88. The van der Waals surface area contributed by atoms with E-state index >= 15 is 0 Å². The number of halogens is 3. The third kappa shape index (κ3) is 6.80. The second-order valence-electron chi connectivity index (χ2n) is 8.88. The first-order valence-electron chi connectivity index (χ1n) is 10.6. The summed E-state index contributed by atoms with van der Waals surface area (Å²) >= 11 is 0. The molecule has 34 heavy (non-hydrogen) atoms. The summed E-state index contributed by atoms with van der Waals surface area (Å²) in [5.41, 5.74) is 0.753. The van der Waals surface area contributed by atoms with Gasteiger partial charge in [-0.05, 0) is 41.8 Å². The monoisotopic (exact) mass is 476 g/mol. The van der Waals surface area contributed by atoms with Gasteiger partial charge in [-0.3, -0.25) is 4.79 Å². The standard InChI is InChI=1S/C24H27F3N4O3/c1-23(2,3)15-20(32)28-18-9-11-19(12-10-18)31-21(29-22(30-31)34-14-13-33-4)16-5-7-17(8-6-16)24(25,26)27/h5-12H,13-15H2,1-4H3,(H,28,32). The fourth-order valence-corrected chi connectivity index (χ4v) is 3.12. The van der Waals surface area contributed by atoms with Crippen molar-refractivity contribution in [2.45, 2.75) is 33.4 Å². The lowest BCUT2D eigenvalue weighted by atomic mass is 9.92. The molecule has 10 heteroatoms. The van der Waals surface area contributed by atoms with Crippen molar-refractivity contribution in [1.29, 1.82) is 0 Å². The van der Waals surface area contributed by atoms with E-state index in [0.717, 1.165) is 12.1 Å². The van der Waals surface area contributed by atoms with Gasteiger partial charge < -0.3 is 14.8 Å². The first-order chi connectivity index (χ1) is 16.0. The molecule has 3 rings (SSSR count). The van der Waals surface area contributed by atoms with E-state index in [4.69, 9.17) is 9.47 Å². The summed E-state index contributed by atoms with van der Waals surface area (Å²) in [5.74, 6) is 0.214. The fraction of sp³-hybridized carbons (Fsp3) is 0.375. The Labute approximate surface area is 195 Å². The highest BCUT2D eigenvalue weighted by Crippen LogP contribution is 2.31. The maximum absolute atomic E-state index is 13.0. The molecule has 0 unspecified atom stereocenters. The fourth-order valence-electron chi connectivity index (χ4n) is 3.12. The number of hydrogen-bond donors (Lipinski definition) is 1. The number of nitrogens with one attached hydrogen (secondary N) is 1. The maximum atomic E-state index is 13.0. The molecule has 0 saturated carbocycles. The molecule has 1 aromatic heterocycles. The van der Waals surface area contributed by atoms with Crippen LogP contribution in [0.3, 0.4) is 0 Å². The van der Waals surface area contributed by atoms with Crippen LogP contribution in [0.2, 0.25) is 0 Å². The quantitative estimate of drug-likeness (QED) is 0.443. The van der Waals surface area contributed by atoms with Crippen LogP contribution >= 0.6 is 0 Å². The zero-order valence-electron chi connectivity index (χ0n) is 19.4. The van der Waals surface area contributed by atoms with Crippen molar-refractivity contribution >= 4 is 11.6 Å². The number of aromatic nitrogens is 3. The number of rotatable bonds is 8. The number of carbonyl (C=O) groups is 1. The molecule has 0 fully saturated rings. The van der Waals surface area contributed by atoms with Crippen LogP contribution in [-0.4, -0.2) is 41.0 Å². The molecule has 7 nitrogen and oxygen atoms in total. The Morgan fingerprint density at radius 1 is 1.00 bits per heavy atom. The van der Waals surface area contributed by atoms with Gasteiger partial charge in [0.15, 0.2) is 5.82 Å². The van der Waals surface area contributed by atoms with Crippen LogP contribution in [0, 0.1) is 5.41 Å². The number of hydrogen-bond acceptors (Lipinski definition) is 5. The molecule has 0 atom stereocenters. The van der Waals surface area contributed by atoms with Crippen LogP contribution < -0.4 is 10.1 Å². The van der Waals surface area contributed by atoms with Gasteiger partial charge in [-0.2, -0.15) is 18.2 Å². The van der Waals surface area contributed by atoms with Crippen molar-refractivity contribution < 1.29 is 27.4 Å². The number of alkyl halides is 3. The number of methoxy groups -OCH3 is 1. The molecular formula is C24H27F3N4O3. The zero-order chi connectivity index (χ0) is 24.9. The molecule has 1 N–H and O–H groups in total. The van der Waals surface area contributed by atoms with E-state index in [1.165, 1.54) is 23.9 Å². The smallest absolute Gasteiger partial charge is 0.416 e. The van der Waals surface area contributed by atoms with Crippen molar-refractivity contribution in [2.75, 3.05) is 25.6 Å². The normalized spacial score (nSPS) is 12.0. The SMILES string of the molecule is COCCOc1nc(-c2ccc(C(F)(F)F)cc2)n(-c2ccc(NC(=O)CC(C)(C)C)cc2)n1. The number of amides is 1. The van der Waals surface area contributed by atoms with E-state index in [0.29, 0.717) is 35.8 Å². The van der Waals surface area contributed by atoms with E-state index in [2.05, 4.69) is 15.4 Å². The minimum absolute atomic E-state index is 0.0644. The average Bonchev–Trinajstić information content (AvgIpc) is 3.17. The number of ether oxygens (including phenoxy) is 2. The molecule has 0 bridgehead atoms. The molecular weight excluding hydrogens is 449 g/mol. The Balaban J connectivity index is 1.89. The highest BCUT2D eigenvalue weighted by atomic mass is 19.4. The van der Waals surface area contributed by atoms with Gasteiger partial charge >= 0.3 is 12.2 Å². The van der Waals surface area contributed by atoms with Gasteiger partial charge in [-0.25, -0.2) is 4.68 Å². The van der Waals surface area contributed by atoms with Gasteiger partial charge in [0.05, 0.1) is 17.9 Å². The van der Waals surface area contributed by atoms with Crippen molar-refractivity contribution in [3.63, 3.8) is 0 Å². The lowest BCUT2D eigenvalue weighted by Gasteiger charge is -2.17. The van der Waals surface area contributed by atoms with Gasteiger partial charge in [0, 0.05) is 24.8 Å². The van der Waals surface area contributed by atoms with Crippen molar-refractivity contribution in [1.82, 2.24) is 14.8 Å². The summed E-state index contributed by atoms with van der Waals surface area (Å²) in [4.78, 5) is 16.6. The van der Waals surface area contributed by atoms with Crippen molar-refractivity contribution in [2.24, 2.45) is 5.41 Å². The predicted octanol–water partition coefficient (Wildman–Crippen LogP) is 5.35. The summed E-state index contributed by atoms with van der Waals surface area (Å²) < 4.78 is 50.8. The molecule has 0 aliphatic carbocycles. The van der Waals surface area contributed by atoms with Crippen LogP contribution in [0.25, 0.3) is 17.1 Å². The molecule has 3 aromatic rings. The number of benzene rings is 2. The Bertz CT molecular complexity index is 1100. The summed E-state index contributed by atoms with van der Waals surface area (Å²) in [5, 5.41) is 7.21. The topological polar surface area (TPSA) is 78.3 Å². The number of anilines is 1. The minimum Gasteiger partial charge on any atom is -0.460 e. The van der Waals surface area contributed by atoms with Crippen LogP contribution in [-0.2, 0) is 15.7 Å². The third-order valence-electron chi connectivity index (χ3n) is 4.66. The molecule has 1 heterocycles. The Morgan fingerprint density at radius 2 is 1.65 bits per heavy atom. The third-order valence-corrected chi connectivity index (χ3v) is 4.66. The summed E-state index contributed by atoms with van der Waals surface area (Å²) in [6.07, 6.45) is -4.06. The Morgan fingerprint density at radius 3 is 2.21 bits per heavy atom. The van der Waals surface area contributed by atoms with Gasteiger partial charge in [0.2, 0.25) is 5.91 Å². The van der Waals surface area contributed by atoms with Crippen LogP contribution in [0.1, 0.15) is 32.8 Å². The Kier molecular flexibility index (Phi) is 7.61. The summed E-state index contributed by atoms with van der Waals surface area (Å²) in [6.45, 7) is 6.49. The number of nitrogens with zero attached hydrogens (tertiary/aromatic N) is 3. The number of carbonyl (C=O) groups excluding carboxylic acids is 1. The first kappa shape index (κ1) is 25.2. The molecule has 0 saturated heterocycles. The molecule has 0 radical (unpaired) electrons. The van der Waals surface area contributed by atoms with Crippen LogP contribution in [0.15, 0.2) is 48.5 Å². The van der Waals surface area contributed by atoms with Crippen LogP contribution in [0.5, 0.6) is 6.01 Å². The maximum Gasteiger partial charge on any atom is 0.416 e. The molecule has 0 spiro atoms. The highest BCUT2D eigenvalue weighted by molar-refractivity contribution is 5.91. The predicted molar refractivity (Wildman–Crippen MR) is 122 cm³/mol. The van der Waals surface area contributed by atoms with E-state index in [-0.39, 0.29) is 23.9 Å². The van der Waals surface area contributed by atoms with Gasteiger partial charge in [0.25, 0.3) is 0 Å². The van der Waals surface area contributed by atoms with E-state index in [1.807, 2.05) is 20.8 Å². The van der Waals surface area contributed by atoms with Crippen LogP contribution in [0.4, 0.5) is 18.9 Å². The molecule has 0 aliphatic rings. The van der Waals surface area contributed by atoms with E-state index < -0.39 is 11.7 Å². The van der Waals surface area contributed by atoms with Gasteiger partial charge in [0.1, 0.15) is 6.61 Å². The lowest BCUT2D eigenvalue weighted by Crippen LogP contribution is -2.19. The second kappa shape index (κ2) is 10.3. The first-order valence-corrected chi connectivity index (χ1v) is 10.6. The van der Waals surface area contributed by atoms with E-state index in [1.54, 1.807) is 24.3 Å². The average molecular weight is 476 g/mol. The van der Waals surface area contributed by atoms with E-state index in [9.17, 15) is 18.0 Å². The van der Waals surface area contributed by atoms with Crippen molar-refractivity contribution in [3.8, 4) is 23.1 Å². The largest absolute Gasteiger partial charge is 0.460 e. The summed E-state index contributed by atoms with van der Waals surface area (Å²) in [7, 11) is 1.53. The van der Waals surface area contributed by atoms with Gasteiger partial charge in [-0.1, -0.05) is 32.9 Å². The lowest BCUT2D eigenvalue weighted by molar-refractivity contribution is -0.137. The molecule has 1 amide bonds. The van der Waals surface area contributed by atoms with Gasteiger partial charge in [-0.15, -0.1) is 5.10 Å². The highest BCUT2D eigenvalue weighted by Gasteiger charge is 2.30. The van der Waals surface area contributed by atoms with Crippen molar-refractivity contribution in [3.05, 3.63) is 54.1 Å². The molecule has 182 valence electrons.